The average molecular weight is 306 g/mol. The molecule has 6 heteroatoms. The van der Waals surface area contributed by atoms with Crippen molar-refractivity contribution < 1.29 is 22.8 Å². The van der Waals surface area contributed by atoms with E-state index in [0.29, 0.717) is 6.10 Å². The molecule has 120 valence electrons. The monoisotopic (exact) mass is 306 g/mol. The predicted molar refractivity (Wildman–Crippen MR) is 80.0 cm³/mol. The molecule has 1 heterocycles. The quantitative estimate of drug-likeness (QED) is 0.264. The summed E-state index contributed by atoms with van der Waals surface area (Å²) in [5.74, 6) is 0. The Morgan fingerprint density at radius 1 is 0.900 bits per heavy atom. The first-order valence-corrected chi connectivity index (χ1v) is 9.32. The molecular weight excluding hydrogens is 276 g/mol. The Morgan fingerprint density at radius 2 is 1.50 bits per heavy atom. The van der Waals surface area contributed by atoms with Crippen LogP contribution in [0.2, 0.25) is 0 Å². The van der Waals surface area contributed by atoms with Gasteiger partial charge in [-0.05, 0) is 32.1 Å². The highest BCUT2D eigenvalue weighted by Crippen LogP contribution is 2.09. The first-order chi connectivity index (χ1) is 9.86. The van der Waals surface area contributed by atoms with Crippen LogP contribution < -0.4 is 0 Å². The Labute approximate surface area is 124 Å². The maximum atomic E-state index is 5.73. The van der Waals surface area contributed by atoms with E-state index in [9.17, 15) is 0 Å². The minimum absolute atomic E-state index is 0.372. The average Bonchev–Trinajstić information content (AvgIpc) is 3.28. The van der Waals surface area contributed by atoms with E-state index in [-0.39, 0.29) is 0 Å². The summed E-state index contributed by atoms with van der Waals surface area (Å²) in [4.78, 5) is 0. The molecule has 5 nitrogen and oxygen atoms in total. The molecule has 0 aliphatic carbocycles. The molecular formula is C14H30O5Si. The summed E-state index contributed by atoms with van der Waals surface area (Å²) in [6, 6.07) is 0. The SMILES string of the molecule is CCCO[SiH](OCCC)OCCCCCOCC1CO1. The normalized spacial score (nSPS) is 17.9. The summed E-state index contributed by atoms with van der Waals surface area (Å²) < 4.78 is 27.6. The van der Waals surface area contributed by atoms with Crippen LogP contribution in [0.15, 0.2) is 0 Å². The summed E-state index contributed by atoms with van der Waals surface area (Å²) in [7, 11) is -1.89. The Balaban J connectivity index is 1.86. The van der Waals surface area contributed by atoms with Crippen molar-refractivity contribution in [2.75, 3.05) is 39.6 Å². The third-order valence-electron chi connectivity index (χ3n) is 2.81. The van der Waals surface area contributed by atoms with Gasteiger partial charge in [0.1, 0.15) is 6.10 Å². The van der Waals surface area contributed by atoms with E-state index in [1.54, 1.807) is 0 Å². The molecule has 1 aliphatic heterocycles. The lowest BCUT2D eigenvalue weighted by molar-refractivity contribution is 0.0887. The highest BCUT2D eigenvalue weighted by atomic mass is 28.3. The van der Waals surface area contributed by atoms with E-state index in [0.717, 1.165) is 71.7 Å². The lowest BCUT2D eigenvalue weighted by atomic mass is 10.2. The molecule has 0 bridgehead atoms. The summed E-state index contributed by atoms with van der Waals surface area (Å²) in [6.45, 7) is 8.83. The zero-order valence-electron chi connectivity index (χ0n) is 13.0. The molecule has 0 aromatic rings. The van der Waals surface area contributed by atoms with E-state index >= 15 is 0 Å². The van der Waals surface area contributed by atoms with Crippen molar-refractivity contribution in [2.45, 2.75) is 52.1 Å². The number of hydrogen-bond acceptors (Lipinski definition) is 5. The minimum Gasteiger partial charge on any atom is -0.379 e. The minimum atomic E-state index is -1.89. The number of unbranched alkanes of at least 4 members (excludes halogenated alkanes) is 2. The highest BCUT2D eigenvalue weighted by Gasteiger charge is 2.21. The summed E-state index contributed by atoms with van der Waals surface area (Å²) in [5, 5.41) is 0. The van der Waals surface area contributed by atoms with Gasteiger partial charge < -0.3 is 22.8 Å². The standard InChI is InChI=1S/C14H30O5Si/c1-3-8-17-20(18-9-4-2)19-11-7-5-6-10-15-12-14-13-16-14/h14,20H,3-13H2,1-2H3. The molecule has 0 spiro atoms. The zero-order valence-corrected chi connectivity index (χ0v) is 14.1. The Bertz CT molecular complexity index is 206. The molecule has 20 heavy (non-hydrogen) atoms. The number of ether oxygens (including phenoxy) is 2. The maximum absolute atomic E-state index is 5.73. The molecule has 0 amide bonds. The van der Waals surface area contributed by atoms with E-state index in [4.69, 9.17) is 22.8 Å². The predicted octanol–water partition coefficient (Wildman–Crippen LogP) is 2.16. The molecule has 0 N–H and O–H groups in total. The second-order valence-corrected chi connectivity index (χ2v) is 6.57. The number of hydrogen-bond donors (Lipinski definition) is 0. The van der Waals surface area contributed by atoms with Crippen LogP contribution in [0.3, 0.4) is 0 Å². The number of epoxide rings is 1. The molecule has 1 aliphatic rings. The Morgan fingerprint density at radius 3 is 2.10 bits per heavy atom. The third-order valence-corrected chi connectivity index (χ3v) is 4.33. The van der Waals surface area contributed by atoms with E-state index in [1.165, 1.54) is 0 Å². The third kappa shape index (κ3) is 10.8. The molecule has 0 saturated carbocycles. The second kappa shape index (κ2) is 12.7. The van der Waals surface area contributed by atoms with Gasteiger partial charge in [-0.15, -0.1) is 0 Å². The van der Waals surface area contributed by atoms with Gasteiger partial charge in [-0.25, -0.2) is 0 Å². The van der Waals surface area contributed by atoms with Crippen molar-refractivity contribution in [1.82, 2.24) is 0 Å². The molecule has 1 atom stereocenters. The van der Waals surface area contributed by atoms with Crippen molar-refractivity contribution in [3.05, 3.63) is 0 Å². The Hall–Kier alpha value is 0.0169. The topological polar surface area (TPSA) is 49.5 Å². The smallest absolute Gasteiger partial charge is 0.379 e. The van der Waals surface area contributed by atoms with Crippen LogP contribution in [0.25, 0.3) is 0 Å². The van der Waals surface area contributed by atoms with Crippen molar-refractivity contribution >= 4 is 9.53 Å². The van der Waals surface area contributed by atoms with Crippen molar-refractivity contribution in [3.8, 4) is 0 Å². The fourth-order valence-electron chi connectivity index (χ4n) is 1.61. The fraction of sp³-hybridized carbons (Fsp3) is 1.00. The molecule has 1 unspecified atom stereocenters. The zero-order chi connectivity index (χ0) is 14.5. The summed E-state index contributed by atoms with van der Waals surface area (Å²) in [5.41, 5.74) is 0. The van der Waals surface area contributed by atoms with Crippen LogP contribution in [-0.4, -0.2) is 55.3 Å². The van der Waals surface area contributed by atoms with Gasteiger partial charge in [0.2, 0.25) is 0 Å². The highest BCUT2D eigenvalue weighted by molar-refractivity contribution is 6.36. The largest absolute Gasteiger partial charge is 0.484 e. The van der Waals surface area contributed by atoms with Gasteiger partial charge in [-0.3, -0.25) is 0 Å². The van der Waals surface area contributed by atoms with Gasteiger partial charge in [0, 0.05) is 26.4 Å². The maximum Gasteiger partial charge on any atom is 0.484 e. The van der Waals surface area contributed by atoms with Crippen molar-refractivity contribution in [3.63, 3.8) is 0 Å². The van der Waals surface area contributed by atoms with Gasteiger partial charge >= 0.3 is 9.53 Å². The van der Waals surface area contributed by atoms with Crippen molar-refractivity contribution in [1.29, 1.82) is 0 Å². The molecule has 1 fully saturated rings. The molecule has 1 rings (SSSR count). The van der Waals surface area contributed by atoms with Crippen LogP contribution >= 0.6 is 0 Å². The molecule has 1 saturated heterocycles. The molecule has 0 radical (unpaired) electrons. The van der Waals surface area contributed by atoms with Gasteiger partial charge in [-0.2, -0.15) is 0 Å². The van der Waals surface area contributed by atoms with Crippen LogP contribution in [0.5, 0.6) is 0 Å². The lowest BCUT2D eigenvalue weighted by Crippen LogP contribution is -2.28. The van der Waals surface area contributed by atoms with Gasteiger partial charge in [0.15, 0.2) is 0 Å². The fourth-order valence-corrected chi connectivity index (χ4v) is 3.12. The summed E-state index contributed by atoms with van der Waals surface area (Å²) >= 11 is 0. The number of rotatable bonds is 15. The molecule has 0 aromatic heterocycles. The van der Waals surface area contributed by atoms with Crippen LogP contribution in [0.1, 0.15) is 46.0 Å². The van der Waals surface area contributed by atoms with E-state index in [1.807, 2.05) is 0 Å². The van der Waals surface area contributed by atoms with Crippen LogP contribution in [0, 0.1) is 0 Å². The first-order valence-electron chi connectivity index (χ1n) is 7.91. The summed E-state index contributed by atoms with van der Waals surface area (Å²) in [6.07, 6.45) is 5.62. The van der Waals surface area contributed by atoms with Crippen LogP contribution in [0.4, 0.5) is 0 Å². The van der Waals surface area contributed by atoms with Crippen LogP contribution in [-0.2, 0) is 22.8 Å². The first kappa shape index (κ1) is 18.1. The van der Waals surface area contributed by atoms with Gasteiger partial charge in [-0.1, -0.05) is 13.8 Å². The second-order valence-electron chi connectivity index (χ2n) is 4.99. The molecule has 0 aromatic carbocycles. The van der Waals surface area contributed by atoms with E-state index in [2.05, 4.69) is 13.8 Å². The van der Waals surface area contributed by atoms with E-state index < -0.39 is 9.53 Å². The lowest BCUT2D eigenvalue weighted by Gasteiger charge is -2.16. The van der Waals surface area contributed by atoms with Gasteiger partial charge in [0.25, 0.3) is 0 Å². The van der Waals surface area contributed by atoms with Crippen molar-refractivity contribution in [2.24, 2.45) is 0 Å². The Kier molecular flexibility index (Phi) is 11.5. The van der Waals surface area contributed by atoms with Gasteiger partial charge in [0.05, 0.1) is 13.2 Å².